The largest absolute Gasteiger partial charge is 0.336 e. The Morgan fingerprint density at radius 2 is 2.05 bits per heavy atom. The minimum Gasteiger partial charge on any atom is -0.336 e. The van der Waals surface area contributed by atoms with Gasteiger partial charge in [0, 0.05) is 17.9 Å². The van der Waals surface area contributed by atoms with Gasteiger partial charge in [-0.15, -0.1) is 0 Å². The monoisotopic (exact) mass is 365 g/mol. The number of amides is 1. The highest BCUT2D eigenvalue weighted by atomic mass is 79.9. The van der Waals surface area contributed by atoms with Gasteiger partial charge in [0.2, 0.25) is 0 Å². The van der Waals surface area contributed by atoms with E-state index < -0.39 is 17.5 Å². The summed E-state index contributed by atoms with van der Waals surface area (Å²) >= 11 is 8.83. The number of carbonyl (C=O) groups excluding carboxylic acids is 1. The molecule has 0 atom stereocenters. The number of nitrogens with zero attached hydrogens (tertiary/aromatic N) is 1. The predicted octanol–water partition coefficient (Wildman–Crippen LogP) is 4.40. The fourth-order valence-electron chi connectivity index (χ4n) is 2.22. The van der Waals surface area contributed by atoms with E-state index in [1.54, 1.807) is 4.90 Å². The van der Waals surface area contributed by atoms with Gasteiger partial charge >= 0.3 is 0 Å². The maximum atomic E-state index is 13.8. The number of benzene rings is 1. The van der Waals surface area contributed by atoms with Crippen molar-refractivity contribution in [2.24, 2.45) is 0 Å². The van der Waals surface area contributed by atoms with E-state index in [1.165, 1.54) is 0 Å². The molecule has 0 unspecified atom stereocenters. The molecule has 0 N–H and O–H groups in total. The van der Waals surface area contributed by atoms with Crippen LogP contribution in [0.3, 0.4) is 0 Å². The summed E-state index contributed by atoms with van der Waals surface area (Å²) in [5, 5.41) is 0.454. The first-order valence-corrected chi connectivity index (χ1v) is 8.06. The Morgan fingerprint density at radius 3 is 2.60 bits per heavy atom. The van der Waals surface area contributed by atoms with Crippen LogP contribution in [-0.2, 0) is 0 Å². The number of carbonyl (C=O) groups is 1. The van der Waals surface area contributed by atoms with Gasteiger partial charge in [0.15, 0.2) is 0 Å². The van der Waals surface area contributed by atoms with E-state index in [9.17, 15) is 13.6 Å². The van der Waals surface area contributed by atoms with Gasteiger partial charge in [-0.3, -0.25) is 4.79 Å². The Labute approximate surface area is 130 Å². The molecule has 1 aliphatic rings. The molecule has 1 amide bonds. The molecular formula is C14H15BrClF2NO. The second-order valence-electron chi connectivity index (χ2n) is 4.87. The molecule has 1 aliphatic carbocycles. The topological polar surface area (TPSA) is 20.3 Å². The Kier molecular flexibility index (Phi) is 5.38. The lowest BCUT2D eigenvalue weighted by Gasteiger charge is -2.37. The molecule has 0 heterocycles. The molecule has 0 aliphatic heterocycles. The molecule has 0 spiro atoms. The standard InChI is InChI=1S/C14H15BrClF2NO/c15-5-2-6-19(9-3-1-4-9)14(20)10-7-13(18)11(16)8-12(10)17/h7-9H,1-6H2. The molecule has 110 valence electrons. The number of rotatable bonds is 5. The number of hydrogen-bond donors (Lipinski definition) is 0. The minimum atomic E-state index is -0.774. The van der Waals surface area contributed by atoms with Gasteiger partial charge in [-0.05, 0) is 37.8 Å². The van der Waals surface area contributed by atoms with Crippen molar-refractivity contribution in [3.8, 4) is 0 Å². The number of halogens is 4. The Balaban J connectivity index is 2.24. The van der Waals surface area contributed by atoms with Crippen LogP contribution < -0.4 is 0 Å². The molecule has 1 aromatic carbocycles. The summed E-state index contributed by atoms with van der Waals surface area (Å²) in [6.07, 6.45) is 3.69. The van der Waals surface area contributed by atoms with Gasteiger partial charge in [-0.25, -0.2) is 8.78 Å². The van der Waals surface area contributed by atoms with Crippen molar-refractivity contribution in [3.63, 3.8) is 0 Å². The van der Waals surface area contributed by atoms with Crippen molar-refractivity contribution in [1.82, 2.24) is 4.90 Å². The highest BCUT2D eigenvalue weighted by Crippen LogP contribution is 2.28. The summed E-state index contributed by atoms with van der Waals surface area (Å²) in [4.78, 5) is 14.1. The molecule has 1 fully saturated rings. The van der Waals surface area contributed by atoms with Crippen LogP contribution >= 0.6 is 27.5 Å². The van der Waals surface area contributed by atoms with E-state index in [4.69, 9.17) is 11.6 Å². The average Bonchev–Trinajstić information content (AvgIpc) is 2.35. The first-order chi connectivity index (χ1) is 9.54. The van der Waals surface area contributed by atoms with Crippen LogP contribution in [0, 0.1) is 11.6 Å². The van der Waals surface area contributed by atoms with E-state index in [-0.39, 0.29) is 16.6 Å². The van der Waals surface area contributed by atoms with Crippen molar-refractivity contribution >= 4 is 33.4 Å². The summed E-state index contributed by atoms with van der Waals surface area (Å²) in [6.45, 7) is 0.540. The summed E-state index contributed by atoms with van der Waals surface area (Å²) in [5.74, 6) is -2.00. The first kappa shape index (κ1) is 15.7. The third-order valence-electron chi connectivity index (χ3n) is 3.55. The highest BCUT2D eigenvalue weighted by molar-refractivity contribution is 9.09. The lowest BCUT2D eigenvalue weighted by Crippen LogP contribution is -2.45. The molecule has 2 rings (SSSR count). The second-order valence-corrected chi connectivity index (χ2v) is 6.07. The number of alkyl halides is 1. The molecule has 0 aromatic heterocycles. The van der Waals surface area contributed by atoms with Crippen LogP contribution in [0.15, 0.2) is 12.1 Å². The lowest BCUT2D eigenvalue weighted by molar-refractivity contribution is 0.0576. The van der Waals surface area contributed by atoms with Gasteiger partial charge in [0.1, 0.15) is 11.6 Å². The molecular weight excluding hydrogens is 352 g/mol. The molecule has 1 saturated carbocycles. The summed E-state index contributed by atoms with van der Waals surface area (Å²) in [5.41, 5.74) is -0.242. The summed E-state index contributed by atoms with van der Waals surface area (Å²) in [7, 11) is 0. The van der Waals surface area contributed by atoms with Crippen LogP contribution in [0.4, 0.5) is 8.78 Å². The fourth-order valence-corrected chi connectivity index (χ4v) is 2.62. The molecule has 2 nitrogen and oxygen atoms in total. The van der Waals surface area contributed by atoms with Crippen LogP contribution in [0.2, 0.25) is 5.02 Å². The molecule has 0 radical (unpaired) electrons. The third-order valence-corrected chi connectivity index (χ3v) is 4.40. The zero-order valence-electron chi connectivity index (χ0n) is 10.8. The van der Waals surface area contributed by atoms with Crippen LogP contribution in [-0.4, -0.2) is 28.7 Å². The lowest BCUT2D eigenvalue weighted by atomic mass is 9.90. The molecule has 1 aromatic rings. The average molecular weight is 367 g/mol. The summed E-state index contributed by atoms with van der Waals surface area (Å²) in [6, 6.07) is 1.88. The second kappa shape index (κ2) is 6.85. The fraction of sp³-hybridized carbons (Fsp3) is 0.500. The van der Waals surface area contributed by atoms with Crippen molar-refractivity contribution in [2.75, 3.05) is 11.9 Å². The van der Waals surface area contributed by atoms with E-state index in [2.05, 4.69) is 15.9 Å². The van der Waals surface area contributed by atoms with Crippen LogP contribution in [0.25, 0.3) is 0 Å². The quantitative estimate of drug-likeness (QED) is 0.559. The maximum absolute atomic E-state index is 13.8. The summed E-state index contributed by atoms with van der Waals surface area (Å²) < 4.78 is 27.3. The van der Waals surface area contributed by atoms with Crippen molar-refractivity contribution in [2.45, 2.75) is 31.7 Å². The van der Waals surface area contributed by atoms with Gasteiger partial charge in [0.25, 0.3) is 5.91 Å². The number of hydrogen-bond acceptors (Lipinski definition) is 1. The van der Waals surface area contributed by atoms with Gasteiger partial charge < -0.3 is 4.90 Å². The van der Waals surface area contributed by atoms with Gasteiger partial charge in [-0.2, -0.15) is 0 Å². The van der Waals surface area contributed by atoms with Crippen molar-refractivity contribution in [1.29, 1.82) is 0 Å². The minimum absolute atomic E-state index is 0.139. The Morgan fingerprint density at radius 1 is 1.35 bits per heavy atom. The zero-order chi connectivity index (χ0) is 14.7. The van der Waals surface area contributed by atoms with Crippen LogP contribution in [0.5, 0.6) is 0 Å². The highest BCUT2D eigenvalue weighted by Gasteiger charge is 2.30. The van der Waals surface area contributed by atoms with E-state index >= 15 is 0 Å². The normalized spacial score (nSPS) is 15.0. The Hall–Kier alpha value is -0.680. The van der Waals surface area contributed by atoms with Crippen LogP contribution in [0.1, 0.15) is 36.0 Å². The van der Waals surface area contributed by atoms with E-state index in [0.29, 0.717) is 6.54 Å². The molecule has 20 heavy (non-hydrogen) atoms. The molecule has 0 saturated heterocycles. The van der Waals surface area contributed by atoms with Gasteiger partial charge in [0.05, 0.1) is 10.6 Å². The molecule has 0 bridgehead atoms. The SMILES string of the molecule is O=C(c1cc(F)c(Cl)cc1F)N(CCCBr)C1CCC1. The molecule has 6 heteroatoms. The van der Waals surface area contributed by atoms with E-state index in [1.807, 2.05) is 0 Å². The predicted molar refractivity (Wildman–Crippen MR) is 78.5 cm³/mol. The third kappa shape index (κ3) is 3.31. The van der Waals surface area contributed by atoms with Crippen molar-refractivity contribution < 1.29 is 13.6 Å². The maximum Gasteiger partial charge on any atom is 0.257 e. The van der Waals surface area contributed by atoms with Crippen molar-refractivity contribution in [3.05, 3.63) is 34.4 Å². The smallest absolute Gasteiger partial charge is 0.257 e. The zero-order valence-corrected chi connectivity index (χ0v) is 13.2. The Bertz CT molecular complexity index is 508. The van der Waals surface area contributed by atoms with Gasteiger partial charge in [-0.1, -0.05) is 27.5 Å². The first-order valence-electron chi connectivity index (χ1n) is 6.56. The van der Waals surface area contributed by atoms with E-state index in [0.717, 1.165) is 43.1 Å².